The SMILES string of the molecule is Cn1cc(-c2ccc(N3CCC(c4cccc(C(F)(F)F)c4)C3=O)cc2F)c2c(N)ncnc21. The van der Waals surface area contributed by atoms with E-state index in [4.69, 9.17) is 5.73 Å². The highest BCUT2D eigenvalue weighted by atomic mass is 19.4. The van der Waals surface area contributed by atoms with Crippen molar-refractivity contribution in [1.82, 2.24) is 14.5 Å². The lowest BCUT2D eigenvalue weighted by Crippen LogP contribution is -2.26. The van der Waals surface area contributed by atoms with Gasteiger partial charge in [-0.05, 0) is 36.2 Å². The second kappa shape index (κ2) is 7.82. The van der Waals surface area contributed by atoms with Gasteiger partial charge < -0.3 is 15.2 Å². The van der Waals surface area contributed by atoms with Crippen molar-refractivity contribution in [1.29, 1.82) is 0 Å². The average Bonchev–Trinajstić information content (AvgIpc) is 3.34. The number of alkyl halides is 3. The number of nitrogen functional groups attached to an aromatic ring is 1. The fourth-order valence-corrected chi connectivity index (χ4v) is 4.51. The van der Waals surface area contributed by atoms with Crippen LogP contribution in [0.5, 0.6) is 0 Å². The molecule has 1 aliphatic heterocycles. The molecule has 0 radical (unpaired) electrons. The Hall–Kier alpha value is -3.95. The Balaban J connectivity index is 1.46. The molecule has 1 unspecified atom stereocenters. The van der Waals surface area contributed by atoms with Crippen LogP contribution in [-0.4, -0.2) is 27.0 Å². The van der Waals surface area contributed by atoms with Crippen molar-refractivity contribution in [3.63, 3.8) is 0 Å². The van der Waals surface area contributed by atoms with Crippen LogP contribution in [0.1, 0.15) is 23.5 Å². The Labute approximate surface area is 191 Å². The molecule has 1 fully saturated rings. The highest BCUT2D eigenvalue weighted by molar-refractivity contribution is 6.02. The van der Waals surface area contributed by atoms with Crippen molar-refractivity contribution in [2.24, 2.45) is 7.05 Å². The van der Waals surface area contributed by atoms with E-state index >= 15 is 4.39 Å². The molecule has 34 heavy (non-hydrogen) atoms. The van der Waals surface area contributed by atoms with Gasteiger partial charge in [-0.15, -0.1) is 0 Å². The number of nitrogens with zero attached hydrogens (tertiary/aromatic N) is 4. The summed E-state index contributed by atoms with van der Waals surface area (Å²) in [6, 6.07) is 9.20. The van der Waals surface area contributed by atoms with E-state index in [1.54, 1.807) is 29.9 Å². The summed E-state index contributed by atoms with van der Waals surface area (Å²) in [4.78, 5) is 22.6. The number of fused-ring (bicyclic) bond motifs is 1. The molecular weight excluding hydrogens is 450 g/mol. The first-order valence-corrected chi connectivity index (χ1v) is 10.5. The molecule has 2 aromatic heterocycles. The molecule has 3 heterocycles. The number of aryl methyl sites for hydroxylation is 1. The molecule has 0 bridgehead atoms. The minimum Gasteiger partial charge on any atom is -0.383 e. The van der Waals surface area contributed by atoms with Gasteiger partial charge in [0.1, 0.15) is 23.6 Å². The van der Waals surface area contributed by atoms with E-state index in [0.29, 0.717) is 34.3 Å². The van der Waals surface area contributed by atoms with Gasteiger partial charge >= 0.3 is 6.18 Å². The van der Waals surface area contributed by atoms with E-state index in [9.17, 15) is 18.0 Å². The molecular formula is C24H19F4N5O. The summed E-state index contributed by atoms with van der Waals surface area (Å²) in [7, 11) is 1.77. The minimum atomic E-state index is -4.49. The lowest BCUT2D eigenvalue weighted by molar-refractivity contribution is -0.137. The topological polar surface area (TPSA) is 77.0 Å². The van der Waals surface area contributed by atoms with E-state index < -0.39 is 23.5 Å². The number of aromatic nitrogens is 3. The molecule has 2 N–H and O–H groups in total. The zero-order valence-corrected chi connectivity index (χ0v) is 18.0. The summed E-state index contributed by atoms with van der Waals surface area (Å²) < 4.78 is 56.2. The number of carbonyl (C=O) groups is 1. The molecule has 1 amide bonds. The van der Waals surface area contributed by atoms with Gasteiger partial charge in [-0.1, -0.05) is 18.2 Å². The fraction of sp³-hybridized carbons (Fsp3) is 0.208. The zero-order chi connectivity index (χ0) is 24.2. The molecule has 1 aliphatic rings. The summed E-state index contributed by atoms with van der Waals surface area (Å²) in [5, 5.41) is 0.526. The smallest absolute Gasteiger partial charge is 0.383 e. The molecule has 0 saturated carbocycles. The first-order chi connectivity index (χ1) is 16.1. The van der Waals surface area contributed by atoms with Crippen LogP contribution >= 0.6 is 0 Å². The molecule has 0 aliphatic carbocycles. The molecule has 10 heteroatoms. The maximum absolute atomic E-state index is 15.2. The van der Waals surface area contributed by atoms with Crippen molar-refractivity contribution in [3.05, 3.63) is 71.9 Å². The van der Waals surface area contributed by atoms with Crippen LogP contribution in [-0.2, 0) is 18.0 Å². The van der Waals surface area contributed by atoms with Crippen LogP contribution in [0.2, 0.25) is 0 Å². The van der Waals surface area contributed by atoms with Crippen LogP contribution in [0.15, 0.2) is 55.0 Å². The van der Waals surface area contributed by atoms with Crippen molar-refractivity contribution < 1.29 is 22.4 Å². The van der Waals surface area contributed by atoms with E-state index in [2.05, 4.69) is 9.97 Å². The largest absolute Gasteiger partial charge is 0.416 e. The average molecular weight is 469 g/mol. The number of hydrogen-bond donors (Lipinski definition) is 1. The number of halogens is 4. The van der Waals surface area contributed by atoms with Gasteiger partial charge in [0, 0.05) is 36.6 Å². The van der Waals surface area contributed by atoms with Gasteiger partial charge in [0.05, 0.1) is 16.9 Å². The fourth-order valence-electron chi connectivity index (χ4n) is 4.51. The second-order valence-corrected chi connectivity index (χ2v) is 8.23. The Bertz CT molecular complexity index is 1430. The maximum atomic E-state index is 15.2. The number of nitrogens with two attached hydrogens (primary N) is 1. The van der Waals surface area contributed by atoms with Gasteiger partial charge in [0.2, 0.25) is 5.91 Å². The van der Waals surface area contributed by atoms with Gasteiger partial charge in [-0.3, -0.25) is 4.79 Å². The van der Waals surface area contributed by atoms with Gasteiger partial charge in [-0.2, -0.15) is 13.2 Å². The molecule has 2 aromatic carbocycles. The molecule has 5 rings (SSSR count). The number of anilines is 2. The first-order valence-electron chi connectivity index (χ1n) is 10.5. The summed E-state index contributed by atoms with van der Waals surface area (Å²) >= 11 is 0. The van der Waals surface area contributed by atoms with Crippen molar-refractivity contribution >= 4 is 28.4 Å². The summed E-state index contributed by atoms with van der Waals surface area (Å²) in [5.74, 6) is -1.43. The van der Waals surface area contributed by atoms with E-state index in [1.807, 2.05) is 0 Å². The zero-order valence-electron chi connectivity index (χ0n) is 18.0. The Morgan fingerprint density at radius 2 is 1.88 bits per heavy atom. The Kier molecular flexibility index (Phi) is 5.03. The number of rotatable bonds is 3. The van der Waals surface area contributed by atoms with Gasteiger partial charge in [0.15, 0.2) is 0 Å². The highest BCUT2D eigenvalue weighted by Gasteiger charge is 2.36. The van der Waals surface area contributed by atoms with Gasteiger partial charge in [-0.25, -0.2) is 14.4 Å². The summed E-state index contributed by atoms with van der Waals surface area (Å²) in [5.41, 5.74) is 7.19. The second-order valence-electron chi connectivity index (χ2n) is 8.23. The van der Waals surface area contributed by atoms with Crippen molar-refractivity contribution in [2.45, 2.75) is 18.5 Å². The summed E-state index contributed by atoms with van der Waals surface area (Å²) in [6.45, 7) is 0.271. The number of hydrogen-bond acceptors (Lipinski definition) is 4. The van der Waals surface area contributed by atoms with Gasteiger partial charge in [0.25, 0.3) is 0 Å². The molecule has 6 nitrogen and oxygen atoms in total. The monoisotopic (exact) mass is 469 g/mol. The molecule has 0 spiro atoms. The van der Waals surface area contributed by atoms with Crippen LogP contribution < -0.4 is 10.6 Å². The molecule has 174 valence electrons. The van der Waals surface area contributed by atoms with Crippen molar-refractivity contribution in [3.8, 4) is 11.1 Å². The van der Waals surface area contributed by atoms with E-state index in [0.717, 1.165) is 12.1 Å². The first kappa shape index (κ1) is 21.9. The number of benzene rings is 2. The lowest BCUT2D eigenvalue weighted by atomic mass is 9.96. The van der Waals surface area contributed by atoms with Crippen LogP contribution in [0.25, 0.3) is 22.2 Å². The van der Waals surface area contributed by atoms with Crippen LogP contribution in [0.3, 0.4) is 0 Å². The summed E-state index contributed by atoms with van der Waals surface area (Å²) in [6.07, 6.45) is -1.12. The standard InChI is InChI=1S/C24H19F4N5O/c1-32-11-18(20-21(29)30-12-31-22(20)32)17-6-5-15(10-19(17)25)33-8-7-16(23(33)34)13-3-2-4-14(9-13)24(26,27)28/h2-6,9-12,16H,7-8H2,1H3,(H2,29,30,31). The maximum Gasteiger partial charge on any atom is 0.416 e. The van der Waals surface area contributed by atoms with E-state index in [1.165, 1.54) is 29.4 Å². The Morgan fingerprint density at radius 3 is 2.62 bits per heavy atom. The highest BCUT2D eigenvalue weighted by Crippen LogP contribution is 2.38. The third-order valence-corrected chi connectivity index (χ3v) is 6.16. The lowest BCUT2D eigenvalue weighted by Gasteiger charge is -2.18. The number of amides is 1. The predicted octanol–water partition coefficient (Wildman–Crippen LogP) is 4.90. The van der Waals surface area contributed by atoms with Crippen LogP contribution in [0.4, 0.5) is 29.1 Å². The molecule has 1 saturated heterocycles. The number of carbonyl (C=O) groups excluding carboxylic acids is 1. The molecule has 4 aromatic rings. The predicted molar refractivity (Wildman–Crippen MR) is 119 cm³/mol. The van der Waals surface area contributed by atoms with E-state index in [-0.39, 0.29) is 23.8 Å². The Morgan fingerprint density at radius 1 is 1.09 bits per heavy atom. The third-order valence-electron chi connectivity index (χ3n) is 6.16. The van der Waals surface area contributed by atoms with Crippen molar-refractivity contribution in [2.75, 3.05) is 17.2 Å². The minimum absolute atomic E-state index is 0.225. The normalized spacial score (nSPS) is 16.6. The van der Waals surface area contributed by atoms with Crippen LogP contribution in [0, 0.1) is 5.82 Å². The molecule has 1 atom stereocenters. The quantitative estimate of drug-likeness (QED) is 0.433. The third kappa shape index (κ3) is 3.55.